The zero-order valence-electron chi connectivity index (χ0n) is 11.0. The van der Waals surface area contributed by atoms with E-state index in [2.05, 4.69) is 5.32 Å². The van der Waals surface area contributed by atoms with Gasteiger partial charge in [0.05, 0.1) is 0 Å². The van der Waals surface area contributed by atoms with E-state index in [0.717, 1.165) is 25.7 Å². The van der Waals surface area contributed by atoms with Crippen LogP contribution >= 0.6 is 0 Å². The van der Waals surface area contributed by atoms with E-state index in [1.54, 1.807) is 12.1 Å². The Labute approximate surface area is 113 Å². The second-order valence-corrected chi connectivity index (χ2v) is 4.84. The fourth-order valence-corrected chi connectivity index (χ4v) is 2.25. The van der Waals surface area contributed by atoms with Crippen LogP contribution in [0.1, 0.15) is 31.2 Å². The van der Waals surface area contributed by atoms with E-state index in [1.807, 2.05) is 6.07 Å². The van der Waals surface area contributed by atoms with Gasteiger partial charge < -0.3 is 10.1 Å². The zero-order valence-corrected chi connectivity index (χ0v) is 11.0. The Morgan fingerprint density at radius 1 is 1.37 bits per heavy atom. The Hall–Kier alpha value is -1.42. The van der Waals surface area contributed by atoms with E-state index in [4.69, 9.17) is 4.74 Å². The molecular weight excluding hydrogens is 245 g/mol. The van der Waals surface area contributed by atoms with Gasteiger partial charge in [-0.05, 0) is 43.7 Å². The van der Waals surface area contributed by atoms with Crippen molar-refractivity contribution < 1.29 is 13.9 Å². The molecule has 1 aromatic rings. The maximum absolute atomic E-state index is 13.4. The maximum Gasteiger partial charge on any atom is 0.249 e. The summed E-state index contributed by atoms with van der Waals surface area (Å²) in [5, 5.41) is 2.86. The molecule has 0 aliphatic carbocycles. The monoisotopic (exact) mass is 265 g/mol. The third kappa shape index (κ3) is 4.31. The van der Waals surface area contributed by atoms with Gasteiger partial charge >= 0.3 is 0 Å². The summed E-state index contributed by atoms with van der Waals surface area (Å²) in [6, 6.07) is 6.75. The summed E-state index contributed by atoms with van der Waals surface area (Å²) in [6.07, 6.45) is 3.98. The highest BCUT2D eigenvalue weighted by Gasteiger charge is 2.21. The quantitative estimate of drug-likeness (QED) is 0.830. The summed E-state index contributed by atoms with van der Waals surface area (Å²) >= 11 is 0. The molecule has 1 aliphatic heterocycles. The molecule has 1 aromatic carbocycles. The van der Waals surface area contributed by atoms with E-state index < -0.39 is 0 Å². The Kier molecular flexibility index (Phi) is 5.33. The molecule has 4 heteroatoms. The van der Waals surface area contributed by atoms with Gasteiger partial charge in [-0.25, -0.2) is 4.39 Å². The van der Waals surface area contributed by atoms with Crippen molar-refractivity contribution in [3.8, 4) is 0 Å². The Morgan fingerprint density at radius 2 is 2.21 bits per heavy atom. The Morgan fingerprint density at radius 3 is 2.95 bits per heavy atom. The van der Waals surface area contributed by atoms with Gasteiger partial charge in [-0.3, -0.25) is 4.79 Å². The molecular formula is C15H20FNO2. The predicted molar refractivity (Wildman–Crippen MR) is 71.3 cm³/mol. The lowest BCUT2D eigenvalue weighted by Gasteiger charge is -2.21. The molecule has 1 amide bonds. The highest BCUT2D eigenvalue weighted by atomic mass is 19.1. The van der Waals surface area contributed by atoms with E-state index in [1.165, 1.54) is 6.07 Å². The lowest BCUT2D eigenvalue weighted by Crippen LogP contribution is -2.38. The molecule has 1 aliphatic rings. The van der Waals surface area contributed by atoms with Crippen molar-refractivity contribution in [3.05, 3.63) is 35.6 Å². The molecule has 19 heavy (non-hydrogen) atoms. The van der Waals surface area contributed by atoms with Crippen LogP contribution in [0, 0.1) is 5.82 Å². The van der Waals surface area contributed by atoms with E-state index in [-0.39, 0.29) is 17.8 Å². The van der Waals surface area contributed by atoms with Crippen LogP contribution in [0.3, 0.4) is 0 Å². The lowest BCUT2D eigenvalue weighted by atomic mass is 10.1. The first-order valence-corrected chi connectivity index (χ1v) is 6.90. The second kappa shape index (κ2) is 7.24. The molecule has 2 rings (SSSR count). The van der Waals surface area contributed by atoms with Gasteiger partial charge in [0.2, 0.25) is 5.91 Å². The number of nitrogens with one attached hydrogen (secondary N) is 1. The van der Waals surface area contributed by atoms with Gasteiger partial charge in [-0.15, -0.1) is 0 Å². The standard InChI is InChI=1S/C15H20FNO2/c16-13-8-2-1-6-12(13)7-5-10-17-15(18)14-9-3-4-11-19-14/h1-2,6,8,14H,3-5,7,9-11H2,(H,17,18)/t14-/m0/s1. The number of carbonyl (C=O) groups is 1. The molecule has 0 radical (unpaired) electrons. The topological polar surface area (TPSA) is 38.3 Å². The fourth-order valence-electron chi connectivity index (χ4n) is 2.25. The zero-order chi connectivity index (χ0) is 13.5. The second-order valence-electron chi connectivity index (χ2n) is 4.84. The smallest absolute Gasteiger partial charge is 0.249 e. The first-order chi connectivity index (χ1) is 9.27. The number of carbonyl (C=O) groups excluding carboxylic acids is 1. The van der Waals surface area contributed by atoms with Crippen molar-refractivity contribution in [2.45, 2.75) is 38.2 Å². The van der Waals surface area contributed by atoms with Crippen molar-refractivity contribution in [3.63, 3.8) is 0 Å². The van der Waals surface area contributed by atoms with E-state index in [9.17, 15) is 9.18 Å². The molecule has 1 atom stereocenters. The molecule has 0 aromatic heterocycles. The molecule has 0 spiro atoms. The number of ether oxygens (including phenoxy) is 1. The molecule has 1 saturated heterocycles. The van der Waals surface area contributed by atoms with Crippen LogP contribution in [0.15, 0.2) is 24.3 Å². The maximum atomic E-state index is 13.4. The molecule has 0 saturated carbocycles. The largest absolute Gasteiger partial charge is 0.368 e. The molecule has 0 bridgehead atoms. The minimum absolute atomic E-state index is 0.0340. The summed E-state index contributed by atoms with van der Waals surface area (Å²) in [7, 11) is 0. The van der Waals surface area contributed by atoms with Crippen LogP contribution in [-0.2, 0) is 16.0 Å². The first kappa shape index (κ1) is 14.0. The number of benzene rings is 1. The molecule has 0 unspecified atom stereocenters. The highest BCUT2D eigenvalue weighted by molar-refractivity contribution is 5.80. The van der Waals surface area contributed by atoms with Gasteiger partial charge in [0, 0.05) is 13.2 Å². The van der Waals surface area contributed by atoms with Crippen LogP contribution in [0.5, 0.6) is 0 Å². The van der Waals surface area contributed by atoms with Gasteiger partial charge in [-0.2, -0.15) is 0 Å². The van der Waals surface area contributed by atoms with Gasteiger partial charge in [-0.1, -0.05) is 18.2 Å². The van der Waals surface area contributed by atoms with Gasteiger partial charge in [0.1, 0.15) is 11.9 Å². The Balaban J connectivity index is 1.66. The summed E-state index contributed by atoms with van der Waals surface area (Å²) in [5.74, 6) is -0.210. The first-order valence-electron chi connectivity index (χ1n) is 6.90. The highest BCUT2D eigenvalue weighted by Crippen LogP contribution is 2.12. The average Bonchev–Trinajstić information content (AvgIpc) is 2.46. The van der Waals surface area contributed by atoms with Crippen LogP contribution in [-0.4, -0.2) is 25.2 Å². The third-order valence-corrected chi connectivity index (χ3v) is 3.35. The van der Waals surface area contributed by atoms with Crippen LogP contribution < -0.4 is 5.32 Å². The lowest BCUT2D eigenvalue weighted by molar-refractivity contribution is -0.135. The number of aryl methyl sites for hydroxylation is 1. The van der Waals surface area contributed by atoms with E-state index in [0.29, 0.717) is 25.1 Å². The molecule has 3 nitrogen and oxygen atoms in total. The van der Waals surface area contributed by atoms with Crippen molar-refractivity contribution in [2.75, 3.05) is 13.2 Å². The van der Waals surface area contributed by atoms with Gasteiger partial charge in [0.15, 0.2) is 0 Å². The number of hydrogen-bond donors (Lipinski definition) is 1. The van der Waals surface area contributed by atoms with Crippen molar-refractivity contribution >= 4 is 5.91 Å². The van der Waals surface area contributed by atoms with Crippen molar-refractivity contribution in [1.29, 1.82) is 0 Å². The molecule has 104 valence electrons. The normalized spacial score (nSPS) is 19.1. The predicted octanol–water partition coefficient (Wildman–Crippen LogP) is 2.44. The number of amides is 1. The van der Waals surface area contributed by atoms with Crippen LogP contribution in [0.4, 0.5) is 4.39 Å². The van der Waals surface area contributed by atoms with Gasteiger partial charge in [0.25, 0.3) is 0 Å². The SMILES string of the molecule is O=C(NCCCc1ccccc1F)[C@@H]1CCCCO1. The summed E-state index contributed by atoms with van der Waals surface area (Å²) in [5.41, 5.74) is 0.700. The third-order valence-electron chi connectivity index (χ3n) is 3.35. The van der Waals surface area contributed by atoms with Crippen LogP contribution in [0.2, 0.25) is 0 Å². The van der Waals surface area contributed by atoms with Crippen molar-refractivity contribution in [2.24, 2.45) is 0 Å². The average molecular weight is 265 g/mol. The number of hydrogen-bond acceptors (Lipinski definition) is 2. The van der Waals surface area contributed by atoms with Crippen LogP contribution in [0.25, 0.3) is 0 Å². The summed E-state index contributed by atoms with van der Waals surface area (Å²) < 4.78 is 18.8. The molecule has 1 heterocycles. The van der Waals surface area contributed by atoms with Crippen molar-refractivity contribution in [1.82, 2.24) is 5.32 Å². The summed E-state index contributed by atoms with van der Waals surface area (Å²) in [4.78, 5) is 11.8. The number of rotatable bonds is 5. The minimum Gasteiger partial charge on any atom is -0.368 e. The Bertz CT molecular complexity index is 416. The minimum atomic E-state index is -0.290. The van der Waals surface area contributed by atoms with E-state index >= 15 is 0 Å². The molecule has 1 N–H and O–H groups in total. The number of halogens is 1. The summed E-state index contributed by atoms with van der Waals surface area (Å²) in [6.45, 7) is 1.24. The molecule has 1 fully saturated rings. The fraction of sp³-hybridized carbons (Fsp3) is 0.533.